The Kier molecular flexibility index (Phi) is 9.73. The summed E-state index contributed by atoms with van der Waals surface area (Å²) >= 11 is 0. The monoisotopic (exact) mass is 485 g/mol. The number of aryl methyl sites for hydroxylation is 1. The van der Waals surface area contributed by atoms with E-state index in [1.165, 1.54) is 0 Å². The summed E-state index contributed by atoms with van der Waals surface area (Å²) in [4.78, 5) is 25.2. The van der Waals surface area contributed by atoms with E-state index in [4.69, 9.17) is 14.6 Å². The average Bonchev–Trinajstić information content (AvgIpc) is 3.23. The molecule has 0 spiro atoms. The van der Waals surface area contributed by atoms with Gasteiger partial charge >= 0.3 is 5.97 Å². The van der Waals surface area contributed by atoms with Crippen molar-refractivity contribution in [3.8, 4) is 5.75 Å². The van der Waals surface area contributed by atoms with Gasteiger partial charge in [0.1, 0.15) is 24.2 Å². The molecule has 0 fully saturated rings. The third-order valence-corrected chi connectivity index (χ3v) is 6.97. The summed E-state index contributed by atoms with van der Waals surface area (Å²) in [7, 11) is 0. The van der Waals surface area contributed by atoms with E-state index < -0.39 is 5.41 Å². The molecule has 0 bridgehead atoms. The second-order valence-electron chi connectivity index (χ2n) is 10.3. The van der Waals surface area contributed by atoms with E-state index in [1.54, 1.807) is 6.92 Å². The molecule has 6 heteroatoms. The van der Waals surface area contributed by atoms with Gasteiger partial charge in [0, 0.05) is 36.1 Å². The Morgan fingerprint density at radius 1 is 1.06 bits per heavy atom. The highest BCUT2D eigenvalue weighted by Gasteiger charge is 2.35. The molecule has 2 rings (SSSR count). The molecule has 194 valence electrons. The van der Waals surface area contributed by atoms with Gasteiger partial charge in [0.25, 0.3) is 0 Å². The summed E-state index contributed by atoms with van der Waals surface area (Å²) in [5.41, 5.74) is 2.99. The lowest BCUT2D eigenvalue weighted by Gasteiger charge is -2.34. The van der Waals surface area contributed by atoms with Crippen molar-refractivity contribution in [3.63, 3.8) is 0 Å². The molecule has 1 atom stereocenters. The summed E-state index contributed by atoms with van der Waals surface area (Å²) in [5, 5.41) is 9.14. The number of Topliss-reactive ketones (excluding diaryl/α,β-unsaturated/α-hetero) is 1. The van der Waals surface area contributed by atoms with Crippen LogP contribution in [0.4, 0.5) is 0 Å². The van der Waals surface area contributed by atoms with Crippen LogP contribution in [0.3, 0.4) is 0 Å². The van der Waals surface area contributed by atoms with Crippen LogP contribution in [-0.4, -0.2) is 40.7 Å². The first kappa shape index (κ1) is 28.6. The van der Waals surface area contributed by atoms with E-state index >= 15 is 0 Å². The number of hydrogen-bond acceptors (Lipinski definition) is 5. The fraction of sp³-hybridized carbons (Fsp3) is 0.586. The maximum atomic E-state index is 12.9. The lowest BCUT2D eigenvalue weighted by molar-refractivity contribution is -0.128. The minimum Gasteiger partial charge on any atom is -0.486 e. The molecule has 0 amide bonds. The minimum atomic E-state index is -0.437. The molecule has 0 radical (unpaired) electrons. The summed E-state index contributed by atoms with van der Waals surface area (Å²) in [6.07, 6.45) is 1.77. The van der Waals surface area contributed by atoms with E-state index in [9.17, 15) is 9.59 Å². The maximum absolute atomic E-state index is 12.9. The van der Waals surface area contributed by atoms with Gasteiger partial charge in [-0.25, -0.2) is 4.79 Å². The molecule has 0 saturated heterocycles. The molecule has 1 heterocycles. The third kappa shape index (κ3) is 6.35. The van der Waals surface area contributed by atoms with Crippen molar-refractivity contribution in [2.24, 2.45) is 5.41 Å². The number of rotatable bonds is 12. The predicted octanol–water partition coefficient (Wildman–Crippen LogP) is 5.84. The van der Waals surface area contributed by atoms with E-state index in [0.717, 1.165) is 29.7 Å². The third-order valence-electron chi connectivity index (χ3n) is 6.97. The van der Waals surface area contributed by atoms with Crippen LogP contribution in [-0.2, 0) is 21.5 Å². The second-order valence-corrected chi connectivity index (χ2v) is 10.3. The van der Waals surface area contributed by atoms with Crippen LogP contribution in [0.15, 0.2) is 30.3 Å². The molecule has 2 aromatic rings. The molecule has 6 nitrogen and oxygen atoms in total. The van der Waals surface area contributed by atoms with Crippen LogP contribution in [0, 0.1) is 12.3 Å². The number of esters is 1. The average molecular weight is 486 g/mol. The number of carbonyl (C=O) groups is 2. The van der Waals surface area contributed by atoms with Gasteiger partial charge in [-0.15, -0.1) is 0 Å². The quantitative estimate of drug-likeness (QED) is 0.382. The van der Waals surface area contributed by atoms with Gasteiger partial charge < -0.3 is 19.1 Å². The van der Waals surface area contributed by atoms with Gasteiger partial charge in [-0.05, 0) is 62.9 Å². The van der Waals surface area contributed by atoms with Crippen LogP contribution < -0.4 is 4.74 Å². The number of ketones is 1. The topological polar surface area (TPSA) is 77.8 Å². The highest BCUT2D eigenvalue weighted by molar-refractivity contribution is 5.88. The number of aliphatic hydroxyl groups excluding tert-OH is 1. The number of carbonyl (C=O) groups excluding carboxylic acids is 2. The number of benzene rings is 1. The van der Waals surface area contributed by atoms with Gasteiger partial charge in [-0.1, -0.05) is 46.8 Å². The molecule has 0 aliphatic heterocycles. The number of ether oxygens (including phenoxy) is 2. The minimum absolute atomic E-state index is 0.0211. The first-order valence-corrected chi connectivity index (χ1v) is 12.7. The van der Waals surface area contributed by atoms with Crippen molar-refractivity contribution in [2.75, 3.05) is 13.2 Å². The largest absolute Gasteiger partial charge is 0.486 e. The van der Waals surface area contributed by atoms with Crippen molar-refractivity contribution in [1.29, 1.82) is 0 Å². The molecule has 1 unspecified atom stereocenters. The highest BCUT2D eigenvalue weighted by atomic mass is 16.5. The Hall–Kier alpha value is -2.60. The number of aromatic nitrogens is 1. The molecule has 0 saturated carbocycles. The van der Waals surface area contributed by atoms with Crippen molar-refractivity contribution in [2.45, 2.75) is 92.7 Å². The first-order chi connectivity index (χ1) is 16.4. The Morgan fingerprint density at radius 3 is 2.23 bits per heavy atom. The van der Waals surface area contributed by atoms with Crippen molar-refractivity contribution in [3.05, 3.63) is 52.8 Å². The van der Waals surface area contributed by atoms with Crippen molar-refractivity contribution < 1.29 is 24.2 Å². The number of nitrogens with zero attached hydrogens (tertiary/aromatic N) is 1. The zero-order valence-electron chi connectivity index (χ0n) is 22.7. The summed E-state index contributed by atoms with van der Waals surface area (Å²) in [5.74, 6) is 0.398. The van der Waals surface area contributed by atoms with Gasteiger partial charge in [0.05, 0.1) is 0 Å². The van der Waals surface area contributed by atoms with E-state index in [2.05, 4.69) is 26.0 Å². The Bertz CT molecular complexity index is 1010. The van der Waals surface area contributed by atoms with Gasteiger partial charge in [-0.3, -0.25) is 4.79 Å². The molecule has 0 aliphatic carbocycles. The molecule has 35 heavy (non-hydrogen) atoms. The van der Waals surface area contributed by atoms with Crippen molar-refractivity contribution >= 4 is 11.8 Å². The molecule has 0 aliphatic rings. The van der Waals surface area contributed by atoms with Crippen LogP contribution in [0.25, 0.3) is 0 Å². The molecular weight excluding hydrogens is 442 g/mol. The molecule has 1 aromatic carbocycles. The zero-order chi connectivity index (χ0) is 26.4. The van der Waals surface area contributed by atoms with Crippen LogP contribution in [0.2, 0.25) is 0 Å². The zero-order valence-corrected chi connectivity index (χ0v) is 22.7. The maximum Gasteiger partial charge on any atom is 0.355 e. The smallest absolute Gasteiger partial charge is 0.355 e. The summed E-state index contributed by atoms with van der Waals surface area (Å²) in [6, 6.07) is 10.0. The lowest BCUT2D eigenvalue weighted by Crippen LogP contribution is -2.30. The second kappa shape index (κ2) is 11.9. The van der Waals surface area contributed by atoms with Crippen molar-refractivity contribution in [1.82, 2.24) is 4.57 Å². The summed E-state index contributed by atoms with van der Waals surface area (Å²) in [6.45, 7) is 16.5. The van der Waals surface area contributed by atoms with Gasteiger partial charge in [0.2, 0.25) is 0 Å². The van der Waals surface area contributed by atoms with E-state index in [-0.39, 0.29) is 36.5 Å². The van der Waals surface area contributed by atoms with Crippen LogP contribution in [0.5, 0.6) is 5.75 Å². The van der Waals surface area contributed by atoms with Crippen LogP contribution in [0.1, 0.15) is 95.0 Å². The fourth-order valence-electron chi connectivity index (χ4n) is 4.53. The molecular formula is C29H43NO5. The Morgan fingerprint density at radius 2 is 1.71 bits per heavy atom. The highest BCUT2D eigenvalue weighted by Crippen LogP contribution is 2.41. The van der Waals surface area contributed by atoms with Gasteiger partial charge in [-0.2, -0.15) is 0 Å². The van der Waals surface area contributed by atoms with Gasteiger partial charge in [0.15, 0.2) is 5.78 Å². The fourth-order valence-corrected chi connectivity index (χ4v) is 4.53. The summed E-state index contributed by atoms with van der Waals surface area (Å²) < 4.78 is 13.5. The lowest BCUT2D eigenvalue weighted by atomic mass is 9.72. The molecule has 1 aromatic heterocycles. The Labute approximate surface area is 210 Å². The van der Waals surface area contributed by atoms with E-state index in [1.807, 2.05) is 57.4 Å². The molecule has 1 N–H and O–H groups in total. The van der Waals surface area contributed by atoms with E-state index in [0.29, 0.717) is 24.4 Å². The number of hydrogen-bond donors (Lipinski definition) is 1. The van der Waals surface area contributed by atoms with Crippen LogP contribution >= 0.6 is 0 Å². The number of aliphatic hydroxyl groups is 1. The SMILES string of the molecule is CCn1c(C(=O)OC(C)CCO)ccc1C(CC)(CC)c1ccc(OCC(=O)C(C)(C)C)c(C)c1. The standard InChI is InChI=1S/C29H43NO5/c1-9-29(10-2,22-12-14-24(20(4)18-22)34-19-26(32)28(6,7)8)25-15-13-23(30(25)11-3)27(33)35-21(5)16-17-31/h12-15,18,21,31H,9-11,16-17,19H2,1-8H3. The Balaban J connectivity index is 2.42. The normalized spacial score (nSPS) is 12.9. The predicted molar refractivity (Wildman–Crippen MR) is 139 cm³/mol. The first-order valence-electron chi connectivity index (χ1n) is 12.7.